The molecule has 31 heavy (non-hydrogen) atoms. The zero-order valence-corrected chi connectivity index (χ0v) is 17.8. The maximum Gasteiger partial charge on any atom is 0.273 e. The minimum atomic E-state index is -0.254. The van der Waals surface area contributed by atoms with Crippen LogP contribution < -0.4 is 4.90 Å². The Kier molecular flexibility index (Phi) is 5.36. The smallest absolute Gasteiger partial charge is 0.273 e. The third-order valence-corrected chi connectivity index (χ3v) is 6.56. The van der Waals surface area contributed by atoms with Gasteiger partial charge in [-0.1, -0.05) is 48.7 Å². The number of nitrogens with zero attached hydrogens (tertiary/aromatic N) is 3. The summed E-state index contributed by atoms with van der Waals surface area (Å²) in [6, 6.07) is 9.86. The molecule has 4 nitrogen and oxygen atoms in total. The highest BCUT2D eigenvalue weighted by atomic mass is 35.5. The number of fused-ring (bicyclic) bond motifs is 2. The van der Waals surface area contributed by atoms with E-state index in [0.717, 1.165) is 37.1 Å². The van der Waals surface area contributed by atoms with E-state index in [1.807, 2.05) is 35.3 Å². The van der Waals surface area contributed by atoms with Gasteiger partial charge in [-0.05, 0) is 55.3 Å². The predicted molar refractivity (Wildman–Crippen MR) is 120 cm³/mol. The summed E-state index contributed by atoms with van der Waals surface area (Å²) in [5.74, 6) is -0.364. The van der Waals surface area contributed by atoms with Crippen molar-refractivity contribution in [1.29, 1.82) is 0 Å². The number of hydrogen-bond acceptors (Lipinski definition) is 3. The van der Waals surface area contributed by atoms with Crippen molar-refractivity contribution in [3.8, 4) is 0 Å². The van der Waals surface area contributed by atoms with Gasteiger partial charge in [0.1, 0.15) is 11.5 Å². The molecular formula is C25H23ClFN3O. The second-order valence-corrected chi connectivity index (χ2v) is 8.58. The van der Waals surface area contributed by atoms with Gasteiger partial charge in [-0.25, -0.2) is 4.39 Å². The Labute approximate surface area is 186 Å². The minimum absolute atomic E-state index is 0.0250. The molecule has 0 unspecified atom stereocenters. The van der Waals surface area contributed by atoms with Gasteiger partial charge in [-0.3, -0.25) is 9.78 Å². The van der Waals surface area contributed by atoms with Crippen molar-refractivity contribution in [3.05, 3.63) is 95.2 Å². The first-order valence-electron chi connectivity index (χ1n) is 10.7. The number of amides is 1. The van der Waals surface area contributed by atoms with E-state index in [1.54, 1.807) is 18.3 Å². The number of halogens is 2. The lowest BCUT2D eigenvalue weighted by atomic mass is 9.82. The number of carbonyl (C=O) groups is 1. The van der Waals surface area contributed by atoms with Crippen LogP contribution in [0.1, 0.15) is 36.2 Å². The lowest BCUT2D eigenvalue weighted by Gasteiger charge is -2.55. The molecule has 5 rings (SSSR count). The van der Waals surface area contributed by atoms with Gasteiger partial charge in [0.15, 0.2) is 0 Å². The molecule has 2 aromatic rings. The Morgan fingerprint density at radius 3 is 2.58 bits per heavy atom. The molecule has 1 amide bonds. The largest absolute Gasteiger partial charge is 0.338 e. The number of carbonyl (C=O) groups excluding carboxylic acids is 1. The van der Waals surface area contributed by atoms with Crippen LogP contribution in [0.4, 0.5) is 10.1 Å². The second kappa shape index (κ2) is 8.31. The van der Waals surface area contributed by atoms with Crippen molar-refractivity contribution in [1.82, 2.24) is 9.88 Å². The molecule has 0 spiro atoms. The van der Waals surface area contributed by atoms with Gasteiger partial charge >= 0.3 is 0 Å². The lowest BCUT2D eigenvalue weighted by molar-refractivity contribution is 0.0494. The molecule has 1 saturated heterocycles. The van der Waals surface area contributed by atoms with E-state index in [-0.39, 0.29) is 29.8 Å². The first kappa shape index (κ1) is 20.0. The van der Waals surface area contributed by atoms with Crippen LogP contribution in [0.15, 0.2) is 78.7 Å². The summed E-state index contributed by atoms with van der Waals surface area (Å²) in [5, 5.41) is 0.498. The molecule has 1 aromatic carbocycles. The molecule has 0 bridgehead atoms. The molecular weight excluding hydrogens is 413 g/mol. The van der Waals surface area contributed by atoms with E-state index in [0.29, 0.717) is 10.7 Å². The first-order chi connectivity index (χ1) is 15.1. The maximum atomic E-state index is 13.7. The number of piperazine rings is 1. The third kappa shape index (κ3) is 3.68. The highest BCUT2D eigenvalue weighted by molar-refractivity contribution is 6.30. The average molecular weight is 436 g/mol. The van der Waals surface area contributed by atoms with Crippen LogP contribution in [0.5, 0.6) is 0 Å². The summed E-state index contributed by atoms with van der Waals surface area (Å²) in [6.45, 7) is 0. The van der Waals surface area contributed by atoms with Gasteiger partial charge < -0.3 is 9.80 Å². The van der Waals surface area contributed by atoms with Crippen molar-refractivity contribution in [3.63, 3.8) is 0 Å². The van der Waals surface area contributed by atoms with Gasteiger partial charge in [-0.15, -0.1) is 0 Å². The van der Waals surface area contributed by atoms with Crippen molar-refractivity contribution in [2.24, 2.45) is 0 Å². The quantitative estimate of drug-likeness (QED) is 0.622. The number of pyridine rings is 1. The number of rotatable bonds is 2. The van der Waals surface area contributed by atoms with Crippen molar-refractivity contribution >= 4 is 23.2 Å². The molecule has 1 saturated carbocycles. The molecule has 3 aliphatic rings. The van der Waals surface area contributed by atoms with Gasteiger partial charge in [0.25, 0.3) is 5.91 Å². The fourth-order valence-corrected chi connectivity index (χ4v) is 5.19. The second-order valence-electron chi connectivity index (χ2n) is 8.14. The maximum absolute atomic E-state index is 13.7. The molecule has 2 aliphatic carbocycles. The molecule has 158 valence electrons. The number of benzene rings is 1. The Morgan fingerprint density at radius 2 is 1.81 bits per heavy atom. The first-order valence-corrected chi connectivity index (χ1v) is 11.1. The SMILES string of the molecule is O=C(c1cc(Cl)ccn1)N1[C@@H]2CCCC[C@H]2N(c2ccc(F)cc2)C2=CC=CC=C[C@@H]21. The van der Waals surface area contributed by atoms with E-state index in [2.05, 4.69) is 22.0 Å². The van der Waals surface area contributed by atoms with Crippen LogP contribution >= 0.6 is 11.6 Å². The molecule has 1 aromatic heterocycles. The van der Waals surface area contributed by atoms with Crippen LogP contribution in [0.2, 0.25) is 5.02 Å². The Bertz CT molecular complexity index is 1080. The lowest BCUT2D eigenvalue weighted by Crippen LogP contribution is -2.64. The Morgan fingerprint density at radius 1 is 1.03 bits per heavy atom. The van der Waals surface area contributed by atoms with E-state index >= 15 is 0 Å². The number of aromatic nitrogens is 1. The van der Waals surface area contributed by atoms with Crippen molar-refractivity contribution in [2.45, 2.75) is 43.8 Å². The number of hydrogen-bond donors (Lipinski definition) is 0. The summed E-state index contributed by atoms with van der Waals surface area (Å²) in [6.07, 6.45) is 15.7. The van der Waals surface area contributed by atoms with Crippen LogP contribution in [-0.2, 0) is 0 Å². The minimum Gasteiger partial charge on any atom is -0.338 e. The normalized spacial score (nSPS) is 24.8. The van der Waals surface area contributed by atoms with Crippen molar-refractivity contribution < 1.29 is 9.18 Å². The Balaban J connectivity index is 1.62. The molecule has 1 aliphatic heterocycles. The van der Waals surface area contributed by atoms with E-state index < -0.39 is 0 Å². The van der Waals surface area contributed by atoms with Gasteiger partial charge in [0, 0.05) is 22.6 Å². The third-order valence-electron chi connectivity index (χ3n) is 6.33. The molecule has 2 heterocycles. The zero-order valence-electron chi connectivity index (χ0n) is 17.0. The number of anilines is 1. The van der Waals surface area contributed by atoms with E-state index in [4.69, 9.17) is 11.6 Å². The fourth-order valence-electron chi connectivity index (χ4n) is 5.03. The van der Waals surface area contributed by atoms with Gasteiger partial charge in [0.05, 0.1) is 18.1 Å². The topological polar surface area (TPSA) is 36.4 Å². The molecule has 2 fully saturated rings. The monoisotopic (exact) mass is 435 g/mol. The summed E-state index contributed by atoms with van der Waals surface area (Å²) >= 11 is 6.16. The van der Waals surface area contributed by atoms with Crippen LogP contribution in [0.25, 0.3) is 0 Å². The highest BCUT2D eigenvalue weighted by Crippen LogP contribution is 2.42. The molecule has 3 atom stereocenters. The highest BCUT2D eigenvalue weighted by Gasteiger charge is 2.47. The molecule has 0 radical (unpaired) electrons. The fraction of sp³-hybridized carbons (Fsp3) is 0.280. The van der Waals surface area contributed by atoms with Gasteiger partial charge in [-0.2, -0.15) is 0 Å². The zero-order chi connectivity index (χ0) is 21.4. The van der Waals surface area contributed by atoms with E-state index in [1.165, 1.54) is 12.1 Å². The van der Waals surface area contributed by atoms with Crippen LogP contribution in [0, 0.1) is 5.82 Å². The summed E-state index contributed by atoms with van der Waals surface area (Å²) < 4.78 is 13.6. The van der Waals surface area contributed by atoms with Crippen LogP contribution in [0.3, 0.4) is 0 Å². The predicted octanol–water partition coefficient (Wildman–Crippen LogP) is 5.53. The Hall–Kier alpha value is -2.92. The van der Waals surface area contributed by atoms with Gasteiger partial charge in [0.2, 0.25) is 0 Å². The number of allylic oxidation sites excluding steroid dienone is 4. The summed E-state index contributed by atoms with van der Waals surface area (Å²) in [5.41, 5.74) is 2.32. The average Bonchev–Trinajstić information content (AvgIpc) is 3.03. The van der Waals surface area contributed by atoms with E-state index in [9.17, 15) is 9.18 Å². The standard InChI is InChI=1S/C25H23ClFN3O/c26-17-14-15-28-20(16-17)25(31)30-23-7-3-1-2-6-21(23)29(19-12-10-18(27)11-13-19)22-8-4-5-9-24(22)30/h1-3,6-7,10-16,22-24H,4-5,8-9H2/t22-,23+,24-/m1/s1. The summed E-state index contributed by atoms with van der Waals surface area (Å²) in [7, 11) is 0. The molecule has 0 N–H and O–H groups in total. The molecule has 6 heteroatoms. The van der Waals surface area contributed by atoms with Crippen molar-refractivity contribution in [2.75, 3.05) is 4.90 Å². The van der Waals surface area contributed by atoms with Crippen LogP contribution in [-0.4, -0.2) is 33.9 Å². The summed E-state index contributed by atoms with van der Waals surface area (Å²) in [4.78, 5) is 22.3.